The van der Waals surface area contributed by atoms with E-state index in [-0.39, 0.29) is 18.6 Å². The van der Waals surface area contributed by atoms with E-state index < -0.39 is 0 Å². The molecule has 0 aliphatic carbocycles. The molecule has 0 spiro atoms. The summed E-state index contributed by atoms with van der Waals surface area (Å²) < 4.78 is 4.84. The van der Waals surface area contributed by atoms with E-state index in [0.717, 1.165) is 18.5 Å². The highest BCUT2D eigenvalue weighted by molar-refractivity contribution is 6.30. The van der Waals surface area contributed by atoms with Crippen molar-refractivity contribution in [2.45, 2.75) is 12.5 Å². The third-order valence-corrected chi connectivity index (χ3v) is 3.00. The highest BCUT2D eigenvalue weighted by Crippen LogP contribution is 2.19. The van der Waals surface area contributed by atoms with Gasteiger partial charge in [0.25, 0.3) is 0 Å². The molecule has 1 aromatic carbocycles. The number of carbonyl (C=O) groups is 1. The molecule has 0 saturated carbocycles. The lowest BCUT2D eigenvalue weighted by molar-refractivity contribution is -0.125. The van der Waals surface area contributed by atoms with Crippen molar-refractivity contribution >= 4 is 17.5 Å². The van der Waals surface area contributed by atoms with Crippen LogP contribution in [0, 0.1) is 0 Å². The minimum Gasteiger partial charge on any atom is -0.375 e. The fourth-order valence-electron chi connectivity index (χ4n) is 1.77. The van der Waals surface area contributed by atoms with Crippen molar-refractivity contribution in [2.75, 3.05) is 34.4 Å². The van der Waals surface area contributed by atoms with E-state index in [1.165, 1.54) is 7.11 Å². The first kappa shape index (κ1) is 16.0. The summed E-state index contributed by atoms with van der Waals surface area (Å²) in [6, 6.07) is 7.53. The van der Waals surface area contributed by atoms with Gasteiger partial charge >= 0.3 is 0 Å². The van der Waals surface area contributed by atoms with Gasteiger partial charge in [-0.15, -0.1) is 0 Å². The summed E-state index contributed by atoms with van der Waals surface area (Å²) >= 11 is 5.88. The molecule has 1 aromatic rings. The van der Waals surface area contributed by atoms with Gasteiger partial charge in [-0.05, 0) is 44.8 Å². The number of benzene rings is 1. The Hall–Kier alpha value is -1.10. The number of hydrogen-bond donors (Lipinski definition) is 1. The van der Waals surface area contributed by atoms with E-state index in [1.54, 1.807) is 0 Å². The van der Waals surface area contributed by atoms with Crippen LogP contribution >= 0.6 is 11.6 Å². The zero-order valence-electron chi connectivity index (χ0n) is 11.6. The molecule has 0 fully saturated rings. The highest BCUT2D eigenvalue weighted by Gasteiger charge is 2.14. The minimum atomic E-state index is -0.110. The van der Waals surface area contributed by atoms with E-state index in [4.69, 9.17) is 16.3 Å². The van der Waals surface area contributed by atoms with E-state index in [2.05, 4.69) is 10.2 Å². The molecule has 5 heteroatoms. The summed E-state index contributed by atoms with van der Waals surface area (Å²) in [4.78, 5) is 13.8. The van der Waals surface area contributed by atoms with E-state index in [9.17, 15) is 4.79 Å². The van der Waals surface area contributed by atoms with E-state index in [0.29, 0.717) is 5.02 Å². The Bertz CT molecular complexity index is 393. The Kier molecular flexibility index (Phi) is 6.84. The molecule has 0 aromatic heterocycles. The molecule has 106 valence electrons. The average Bonchev–Trinajstić information content (AvgIpc) is 2.35. The first-order valence-electron chi connectivity index (χ1n) is 6.21. The Morgan fingerprint density at radius 3 is 2.53 bits per heavy atom. The lowest BCUT2D eigenvalue weighted by Gasteiger charge is -2.21. The number of rotatable bonds is 7. The molecule has 19 heavy (non-hydrogen) atoms. The van der Waals surface area contributed by atoms with Crippen molar-refractivity contribution in [3.05, 3.63) is 34.9 Å². The number of methoxy groups -OCH3 is 1. The second-order valence-corrected chi connectivity index (χ2v) is 5.13. The van der Waals surface area contributed by atoms with Crippen LogP contribution in [-0.4, -0.2) is 45.2 Å². The van der Waals surface area contributed by atoms with Gasteiger partial charge in [-0.1, -0.05) is 23.7 Å². The van der Waals surface area contributed by atoms with Gasteiger partial charge in [0.15, 0.2) is 0 Å². The molecular weight excluding hydrogens is 264 g/mol. The molecule has 0 aliphatic rings. The van der Waals surface area contributed by atoms with Crippen LogP contribution in [0.3, 0.4) is 0 Å². The predicted molar refractivity (Wildman–Crippen MR) is 77.4 cm³/mol. The summed E-state index contributed by atoms with van der Waals surface area (Å²) in [7, 11) is 5.53. The monoisotopic (exact) mass is 284 g/mol. The first-order valence-corrected chi connectivity index (χ1v) is 6.59. The smallest absolute Gasteiger partial charge is 0.246 e. The lowest BCUT2D eigenvalue weighted by atomic mass is 10.0. The molecular formula is C14H21ClN2O2. The lowest BCUT2D eigenvalue weighted by Crippen LogP contribution is -2.33. The van der Waals surface area contributed by atoms with Crippen LogP contribution in [0.15, 0.2) is 24.3 Å². The zero-order valence-corrected chi connectivity index (χ0v) is 12.4. The molecule has 1 N–H and O–H groups in total. The van der Waals surface area contributed by atoms with Crippen LogP contribution in [0.4, 0.5) is 0 Å². The standard InChI is InChI=1S/C14H21ClN2O2/c1-17(2)9-8-13(16-14(18)10-19-3)11-4-6-12(15)7-5-11/h4-7,13H,8-10H2,1-3H3,(H,16,18). The van der Waals surface area contributed by atoms with Crippen molar-refractivity contribution in [3.8, 4) is 0 Å². The zero-order chi connectivity index (χ0) is 14.3. The molecule has 4 nitrogen and oxygen atoms in total. The Morgan fingerprint density at radius 2 is 2.00 bits per heavy atom. The molecule has 1 amide bonds. The molecule has 0 aliphatic heterocycles. The Morgan fingerprint density at radius 1 is 1.37 bits per heavy atom. The summed E-state index contributed by atoms with van der Waals surface area (Å²) in [6.45, 7) is 0.965. The Balaban J connectivity index is 2.73. The normalized spacial score (nSPS) is 12.5. The van der Waals surface area contributed by atoms with Crippen LogP contribution in [0.1, 0.15) is 18.0 Å². The van der Waals surface area contributed by atoms with Crippen molar-refractivity contribution in [3.63, 3.8) is 0 Å². The fourth-order valence-corrected chi connectivity index (χ4v) is 1.90. The number of amides is 1. The maximum absolute atomic E-state index is 11.7. The second-order valence-electron chi connectivity index (χ2n) is 4.70. The van der Waals surface area contributed by atoms with Gasteiger partial charge in [-0.25, -0.2) is 0 Å². The van der Waals surface area contributed by atoms with Crippen LogP contribution in [0.5, 0.6) is 0 Å². The van der Waals surface area contributed by atoms with Crippen molar-refractivity contribution in [1.82, 2.24) is 10.2 Å². The number of ether oxygens (including phenoxy) is 1. The Labute approximate surface area is 119 Å². The van der Waals surface area contributed by atoms with Crippen molar-refractivity contribution in [1.29, 1.82) is 0 Å². The average molecular weight is 285 g/mol. The van der Waals surface area contributed by atoms with E-state index in [1.807, 2.05) is 38.4 Å². The van der Waals surface area contributed by atoms with Gasteiger partial charge in [-0.2, -0.15) is 0 Å². The number of hydrogen-bond acceptors (Lipinski definition) is 3. The van der Waals surface area contributed by atoms with Crippen LogP contribution in [0.2, 0.25) is 5.02 Å². The van der Waals surface area contributed by atoms with Gasteiger partial charge in [0.2, 0.25) is 5.91 Å². The second kappa shape index (κ2) is 8.15. The number of carbonyl (C=O) groups excluding carboxylic acids is 1. The maximum Gasteiger partial charge on any atom is 0.246 e. The van der Waals surface area contributed by atoms with Gasteiger partial charge < -0.3 is 15.0 Å². The highest BCUT2D eigenvalue weighted by atomic mass is 35.5. The third-order valence-electron chi connectivity index (χ3n) is 2.75. The fraction of sp³-hybridized carbons (Fsp3) is 0.500. The largest absolute Gasteiger partial charge is 0.375 e. The van der Waals surface area contributed by atoms with Gasteiger partial charge in [0.05, 0.1) is 6.04 Å². The minimum absolute atomic E-state index is 0.0256. The number of nitrogens with one attached hydrogen (secondary N) is 1. The summed E-state index contributed by atoms with van der Waals surface area (Å²) in [5.74, 6) is -0.110. The van der Waals surface area contributed by atoms with Crippen molar-refractivity contribution in [2.24, 2.45) is 0 Å². The molecule has 0 radical (unpaired) electrons. The summed E-state index contributed by atoms with van der Waals surface area (Å²) in [5.41, 5.74) is 1.05. The molecule has 0 bridgehead atoms. The molecule has 1 atom stereocenters. The molecule has 0 heterocycles. The van der Waals surface area contributed by atoms with E-state index >= 15 is 0 Å². The van der Waals surface area contributed by atoms with Crippen molar-refractivity contribution < 1.29 is 9.53 Å². The van der Waals surface area contributed by atoms with Gasteiger partial charge in [0.1, 0.15) is 6.61 Å². The summed E-state index contributed by atoms with van der Waals surface area (Å²) in [6.07, 6.45) is 0.837. The molecule has 1 rings (SSSR count). The maximum atomic E-state index is 11.7. The quantitative estimate of drug-likeness (QED) is 0.834. The summed E-state index contributed by atoms with van der Waals surface area (Å²) in [5, 5.41) is 3.67. The SMILES string of the molecule is COCC(=O)NC(CCN(C)C)c1ccc(Cl)cc1. The van der Waals surface area contributed by atoms with Gasteiger partial charge in [0, 0.05) is 12.1 Å². The van der Waals surface area contributed by atoms with Crippen LogP contribution < -0.4 is 5.32 Å². The topological polar surface area (TPSA) is 41.6 Å². The molecule has 0 saturated heterocycles. The van der Waals surface area contributed by atoms with Crippen LogP contribution in [-0.2, 0) is 9.53 Å². The predicted octanol–water partition coefficient (Wildman–Crippen LogP) is 2.10. The first-order chi connectivity index (χ1) is 9.02. The van der Waals surface area contributed by atoms with Crippen LogP contribution in [0.25, 0.3) is 0 Å². The number of halogens is 1. The third kappa shape index (κ3) is 6.05. The number of nitrogens with zero attached hydrogens (tertiary/aromatic N) is 1. The van der Waals surface area contributed by atoms with Gasteiger partial charge in [-0.3, -0.25) is 4.79 Å². The molecule has 1 unspecified atom stereocenters.